The Hall–Kier alpha value is -3.06. The molecule has 2 aromatic carbocycles. The molecule has 4 N–H and O–H groups in total. The lowest BCUT2D eigenvalue weighted by Gasteiger charge is -2.09. The Morgan fingerprint density at radius 3 is 2.70 bits per heavy atom. The Labute approximate surface area is 161 Å². The first-order chi connectivity index (χ1) is 12.9. The zero-order valence-electron chi connectivity index (χ0n) is 15.0. The van der Waals surface area contributed by atoms with Gasteiger partial charge in [-0.25, -0.2) is 9.78 Å². The number of hydrogen-bond acceptors (Lipinski definition) is 3. The molecule has 0 spiro atoms. The second-order valence-electron chi connectivity index (χ2n) is 6.21. The van der Waals surface area contributed by atoms with E-state index >= 15 is 0 Å². The number of aromatic nitrogens is 2. The lowest BCUT2D eigenvalue weighted by Crippen LogP contribution is -2.30. The van der Waals surface area contributed by atoms with Gasteiger partial charge in [0.2, 0.25) is 11.9 Å². The van der Waals surface area contributed by atoms with Crippen LogP contribution in [0.3, 0.4) is 0 Å². The van der Waals surface area contributed by atoms with Crippen LogP contribution in [0.15, 0.2) is 36.4 Å². The van der Waals surface area contributed by atoms with Crippen molar-refractivity contribution in [3.63, 3.8) is 0 Å². The molecular weight excluding hydrogens is 366 g/mol. The predicted molar refractivity (Wildman–Crippen MR) is 107 cm³/mol. The van der Waals surface area contributed by atoms with E-state index in [1.54, 1.807) is 12.1 Å². The maximum absolute atomic E-state index is 12.0. The number of nitrogens with one attached hydrogen (secondary N) is 4. The molecule has 27 heavy (non-hydrogen) atoms. The summed E-state index contributed by atoms with van der Waals surface area (Å²) < 4.78 is 0. The number of rotatable bonds is 5. The second-order valence-corrected chi connectivity index (χ2v) is 6.62. The highest BCUT2D eigenvalue weighted by atomic mass is 35.5. The van der Waals surface area contributed by atoms with Crippen molar-refractivity contribution in [3.8, 4) is 0 Å². The van der Waals surface area contributed by atoms with Crippen molar-refractivity contribution < 1.29 is 9.59 Å². The molecule has 3 aromatic rings. The van der Waals surface area contributed by atoms with E-state index in [1.807, 2.05) is 31.2 Å². The van der Waals surface area contributed by atoms with Crippen molar-refractivity contribution >= 4 is 46.2 Å². The Bertz CT molecular complexity index is 999. The van der Waals surface area contributed by atoms with Gasteiger partial charge in [0.25, 0.3) is 0 Å². The Morgan fingerprint density at radius 1 is 1.15 bits per heavy atom. The van der Waals surface area contributed by atoms with Crippen LogP contribution in [0.1, 0.15) is 18.1 Å². The molecule has 1 aromatic heterocycles. The first-order valence-corrected chi connectivity index (χ1v) is 8.86. The second kappa shape index (κ2) is 8.09. The molecule has 0 saturated carbocycles. The summed E-state index contributed by atoms with van der Waals surface area (Å²) >= 11 is 6.06. The van der Waals surface area contributed by atoms with Gasteiger partial charge in [-0.15, -0.1) is 0 Å². The van der Waals surface area contributed by atoms with Crippen molar-refractivity contribution in [2.24, 2.45) is 0 Å². The fourth-order valence-electron chi connectivity index (χ4n) is 2.60. The molecule has 0 aliphatic rings. The number of carbonyl (C=O) groups is 2. The monoisotopic (exact) mass is 385 g/mol. The standard InChI is InChI=1S/C19H20ClN5O2/c1-11-3-5-14(10-15(11)20)23-19(27)21-8-7-13-4-6-16-17(9-13)25-18(24-16)22-12(2)26/h3-6,9-10H,7-8H2,1-2H3,(H2,21,23,27)(H2,22,24,25,26). The number of carbonyl (C=O) groups excluding carboxylic acids is 2. The van der Waals surface area contributed by atoms with E-state index in [-0.39, 0.29) is 11.9 Å². The topological polar surface area (TPSA) is 98.9 Å². The summed E-state index contributed by atoms with van der Waals surface area (Å²) in [5.41, 5.74) is 4.24. The van der Waals surface area contributed by atoms with Crippen LogP contribution in [0.4, 0.5) is 16.4 Å². The average Bonchev–Trinajstić information content (AvgIpc) is 2.99. The van der Waals surface area contributed by atoms with Crippen molar-refractivity contribution in [1.82, 2.24) is 15.3 Å². The van der Waals surface area contributed by atoms with Gasteiger partial charge in [0, 0.05) is 24.2 Å². The molecule has 140 valence electrons. The summed E-state index contributed by atoms with van der Waals surface area (Å²) in [6.45, 7) is 3.81. The largest absolute Gasteiger partial charge is 0.338 e. The highest BCUT2D eigenvalue weighted by molar-refractivity contribution is 6.31. The van der Waals surface area contributed by atoms with Gasteiger partial charge in [0.1, 0.15) is 0 Å². The summed E-state index contributed by atoms with van der Waals surface area (Å²) in [4.78, 5) is 30.4. The van der Waals surface area contributed by atoms with Crippen LogP contribution in [0.5, 0.6) is 0 Å². The van der Waals surface area contributed by atoms with Crippen molar-refractivity contribution in [2.45, 2.75) is 20.3 Å². The Morgan fingerprint density at radius 2 is 1.96 bits per heavy atom. The number of amides is 3. The maximum Gasteiger partial charge on any atom is 0.319 e. The maximum atomic E-state index is 12.0. The van der Waals surface area contributed by atoms with Crippen molar-refractivity contribution in [2.75, 3.05) is 17.2 Å². The highest BCUT2D eigenvalue weighted by Gasteiger charge is 2.06. The minimum atomic E-state index is -0.287. The van der Waals surface area contributed by atoms with Gasteiger partial charge in [-0.1, -0.05) is 23.7 Å². The lowest BCUT2D eigenvalue weighted by molar-refractivity contribution is -0.114. The van der Waals surface area contributed by atoms with E-state index in [4.69, 9.17) is 11.6 Å². The van der Waals surface area contributed by atoms with E-state index in [9.17, 15) is 9.59 Å². The van der Waals surface area contributed by atoms with Gasteiger partial charge >= 0.3 is 6.03 Å². The van der Waals surface area contributed by atoms with Gasteiger partial charge in [0.05, 0.1) is 11.0 Å². The van der Waals surface area contributed by atoms with Crippen LogP contribution in [-0.2, 0) is 11.2 Å². The molecule has 7 nitrogen and oxygen atoms in total. The van der Waals surface area contributed by atoms with E-state index in [2.05, 4.69) is 25.9 Å². The fourth-order valence-corrected chi connectivity index (χ4v) is 2.79. The Kier molecular flexibility index (Phi) is 5.61. The molecule has 3 rings (SSSR count). The number of nitrogens with zero attached hydrogens (tertiary/aromatic N) is 1. The van der Waals surface area contributed by atoms with E-state index < -0.39 is 0 Å². The number of fused-ring (bicyclic) bond motifs is 1. The molecule has 0 aliphatic carbocycles. The number of aryl methyl sites for hydroxylation is 1. The molecule has 1 heterocycles. The van der Waals surface area contributed by atoms with Crippen LogP contribution in [0.2, 0.25) is 5.02 Å². The quantitative estimate of drug-likeness (QED) is 0.536. The number of urea groups is 1. The number of imidazole rings is 1. The number of H-pyrrole nitrogens is 1. The third-order valence-electron chi connectivity index (χ3n) is 3.97. The molecule has 0 bridgehead atoms. The SMILES string of the molecule is CC(=O)Nc1nc2ccc(CCNC(=O)Nc3ccc(C)c(Cl)c3)cc2[nH]1. The van der Waals surface area contributed by atoms with Gasteiger partial charge < -0.3 is 15.6 Å². The minimum absolute atomic E-state index is 0.181. The average molecular weight is 386 g/mol. The van der Waals surface area contributed by atoms with Crippen molar-refractivity contribution in [1.29, 1.82) is 0 Å². The summed E-state index contributed by atoms with van der Waals surface area (Å²) in [5, 5.41) is 8.81. The molecule has 0 fully saturated rings. The molecule has 3 amide bonds. The number of halogens is 1. The van der Waals surface area contributed by atoms with Gasteiger partial charge in [-0.05, 0) is 48.7 Å². The number of aromatic amines is 1. The smallest absolute Gasteiger partial charge is 0.319 e. The fraction of sp³-hybridized carbons (Fsp3) is 0.211. The van der Waals surface area contributed by atoms with E-state index in [1.165, 1.54) is 6.92 Å². The third-order valence-corrected chi connectivity index (χ3v) is 4.38. The normalized spacial score (nSPS) is 10.6. The summed E-state index contributed by atoms with van der Waals surface area (Å²) in [6, 6.07) is 10.9. The van der Waals surface area contributed by atoms with Crippen molar-refractivity contribution in [3.05, 3.63) is 52.5 Å². The first kappa shape index (κ1) is 18.7. The lowest BCUT2D eigenvalue weighted by atomic mass is 10.1. The zero-order valence-corrected chi connectivity index (χ0v) is 15.8. The number of anilines is 2. The van der Waals surface area contributed by atoms with Crippen LogP contribution < -0.4 is 16.0 Å². The van der Waals surface area contributed by atoms with Crippen LogP contribution >= 0.6 is 11.6 Å². The number of hydrogen-bond donors (Lipinski definition) is 4. The van der Waals surface area contributed by atoms with E-state index in [0.29, 0.717) is 29.6 Å². The van der Waals surface area contributed by atoms with Crippen LogP contribution in [0, 0.1) is 6.92 Å². The molecular formula is C19H20ClN5O2. The molecule has 0 saturated heterocycles. The highest BCUT2D eigenvalue weighted by Crippen LogP contribution is 2.20. The molecule has 0 unspecified atom stereocenters. The third kappa shape index (κ3) is 4.98. The minimum Gasteiger partial charge on any atom is -0.338 e. The summed E-state index contributed by atoms with van der Waals surface area (Å²) in [7, 11) is 0. The Balaban J connectivity index is 1.54. The first-order valence-electron chi connectivity index (χ1n) is 8.48. The molecule has 0 radical (unpaired) electrons. The zero-order chi connectivity index (χ0) is 19.4. The molecule has 8 heteroatoms. The summed E-state index contributed by atoms with van der Waals surface area (Å²) in [5.74, 6) is 0.239. The van der Waals surface area contributed by atoms with Gasteiger partial charge in [0.15, 0.2) is 0 Å². The predicted octanol–water partition coefficient (Wildman–Crippen LogP) is 3.85. The van der Waals surface area contributed by atoms with E-state index in [0.717, 1.165) is 22.2 Å². The van der Waals surface area contributed by atoms with Crippen LogP contribution in [0.25, 0.3) is 11.0 Å². The van der Waals surface area contributed by atoms with Gasteiger partial charge in [-0.3, -0.25) is 10.1 Å². The summed E-state index contributed by atoms with van der Waals surface area (Å²) in [6.07, 6.45) is 0.659. The molecule has 0 atom stereocenters. The molecule has 0 aliphatic heterocycles. The van der Waals surface area contributed by atoms with Crippen LogP contribution in [-0.4, -0.2) is 28.5 Å². The number of benzene rings is 2. The van der Waals surface area contributed by atoms with Gasteiger partial charge in [-0.2, -0.15) is 0 Å².